The van der Waals surface area contributed by atoms with Crippen LogP contribution in [0, 0.1) is 5.92 Å². The van der Waals surface area contributed by atoms with Crippen LogP contribution in [0.2, 0.25) is 0 Å². The van der Waals surface area contributed by atoms with Crippen molar-refractivity contribution in [3.63, 3.8) is 0 Å². The summed E-state index contributed by atoms with van der Waals surface area (Å²) in [5, 5.41) is 13.2. The van der Waals surface area contributed by atoms with E-state index >= 15 is 0 Å². The summed E-state index contributed by atoms with van der Waals surface area (Å²) in [5.41, 5.74) is 20.3. The van der Waals surface area contributed by atoms with Crippen molar-refractivity contribution in [2.45, 2.75) is 40.0 Å². The van der Waals surface area contributed by atoms with Crippen LogP contribution in [0.15, 0.2) is 48.7 Å². The van der Waals surface area contributed by atoms with Crippen molar-refractivity contribution in [1.82, 2.24) is 14.9 Å². The molecule has 1 aromatic carbocycles. The third kappa shape index (κ3) is 7.19. The molecule has 0 radical (unpaired) electrons. The van der Waals surface area contributed by atoms with E-state index in [1.54, 1.807) is 41.2 Å². The number of aromatic hydroxyl groups is 1. The third-order valence-corrected chi connectivity index (χ3v) is 4.60. The van der Waals surface area contributed by atoms with Gasteiger partial charge in [0.15, 0.2) is 0 Å². The molecule has 2 rings (SSSR count). The highest BCUT2D eigenvalue weighted by Crippen LogP contribution is 2.24. The van der Waals surface area contributed by atoms with Gasteiger partial charge in [-0.25, -0.2) is 4.98 Å². The van der Waals surface area contributed by atoms with Crippen molar-refractivity contribution in [2.75, 3.05) is 13.6 Å². The summed E-state index contributed by atoms with van der Waals surface area (Å²) in [4.78, 5) is 4.49. The van der Waals surface area contributed by atoms with E-state index in [0.29, 0.717) is 22.9 Å². The molecule has 8 N–H and O–H groups in total. The van der Waals surface area contributed by atoms with E-state index < -0.39 is 0 Å². The molecule has 0 bridgehead atoms. The van der Waals surface area contributed by atoms with Gasteiger partial charge in [-0.2, -0.15) is 0 Å². The summed E-state index contributed by atoms with van der Waals surface area (Å²) in [5.74, 6) is 0.785. The topological polar surface area (TPSA) is 128 Å². The minimum absolute atomic E-state index is 0.0998. The van der Waals surface area contributed by atoms with E-state index in [4.69, 9.17) is 17.2 Å². The second kappa shape index (κ2) is 12.5. The van der Waals surface area contributed by atoms with E-state index in [-0.39, 0.29) is 11.6 Å². The molecule has 7 heteroatoms. The van der Waals surface area contributed by atoms with Crippen LogP contribution in [0.1, 0.15) is 44.9 Å². The van der Waals surface area contributed by atoms with Crippen LogP contribution < -0.4 is 22.5 Å². The van der Waals surface area contributed by atoms with E-state index in [9.17, 15) is 5.11 Å². The van der Waals surface area contributed by atoms with Gasteiger partial charge >= 0.3 is 0 Å². The monoisotopic (exact) mass is 400 g/mol. The molecule has 0 amide bonds. The molecule has 1 heterocycles. The molecular weight excluding hydrogens is 364 g/mol. The van der Waals surface area contributed by atoms with E-state index in [1.807, 2.05) is 27.1 Å². The van der Waals surface area contributed by atoms with Crippen molar-refractivity contribution in [1.29, 1.82) is 0 Å². The minimum Gasteiger partial charge on any atom is -0.507 e. The fourth-order valence-electron chi connectivity index (χ4n) is 2.95. The summed E-state index contributed by atoms with van der Waals surface area (Å²) in [6, 6.07) is 6.85. The zero-order valence-electron chi connectivity index (χ0n) is 18.0. The highest BCUT2D eigenvalue weighted by atomic mass is 16.3. The molecule has 7 nitrogen and oxygen atoms in total. The quantitative estimate of drug-likeness (QED) is 0.412. The minimum atomic E-state index is 0.0998. The van der Waals surface area contributed by atoms with Crippen molar-refractivity contribution in [3.05, 3.63) is 59.9 Å². The summed E-state index contributed by atoms with van der Waals surface area (Å²) >= 11 is 0. The lowest BCUT2D eigenvalue weighted by atomic mass is 9.97. The lowest BCUT2D eigenvalue weighted by molar-refractivity contribution is 0.455. The Labute approximate surface area is 174 Å². The number of nitrogens with zero attached hydrogens (tertiary/aromatic N) is 2. The molecular formula is C22H36N6O. The first-order valence-corrected chi connectivity index (χ1v) is 10.1. The van der Waals surface area contributed by atoms with E-state index in [1.165, 1.54) is 0 Å². The molecule has 0 aliphatic carbocycles. The number of hydrogen-bond donors (Lipinski definition) is 5. The number of nitrogens with two attached hydrogens (primary N) is 3. The second-order valence-corrected chi connectivity index (χ2v) is 6.60. The van der Waals surface area contributed by atoms with Gasteiger partial charge in [0.2, 0.25) is 0 Å². The maximum Gasteiger partial charge on any atom is 0.124 e. The smallest absolute Gasteiger partial charge is 0.124 e. The molecule has 0 fully saturated rings. The summed E-state index contributed by atoms with van der Waals surface area (Å²) in [6.45, 7) is 7.18. The van der Waals surface area contributed by atoms with Crippen LogP contribution in [0.25, 0.3) is 11.4 Å². The molecule has 1 atom stereocenters. The Bertz CT molecular complexity index is 805. The summed E-state index contributed by atoms with van der Waals surface area (Å²) in [6.07, 6.45) is 8.34. The second-order valence-electron chi connectivity index (χ2n) is 6.60. The summed E-state index contributed by atoms with van der Waals surface area (Å²) in [7, 11) is 1.96. The molecule has 0 saturated heterocycles. The highest BCUT2D eigenvalue weighted by molar-refractivity contribution is 5.77. The lowest BCUT2D eigenvalue weighted by Crippen LogP contribution is -2.15. The van der Waals surface area contributed by atoms with Crippen LogP contribution in [-0.4, -0.2) is 28.3 Å². The van der Waals surface area contributed by atoms with Gasteiger partial charge in [0.05, 0.1) is 17.7 Å². The Balaban J connectivity index is 0.00000204. The molecule has 0 aliphatic heterocycles. The molecule has 1 unspecified atom stereocenters. The van der Waals surface area contributed by atoms with E-state index in [0.717, 1.165) is 31.5 Å². The number of phenolic OH excluding ortho intramolecular Hbond substituents is 1. The molecule has 29 heavy (non-hydrogen) atoms. The first kappa shape index (κ1) is 24.1. The standard InChI is InChI=1S/C20H30N6O.C2H6/c1-3-14(8-9-24-2)10-15-12-26(13-25-15)18(20(22)23)11-17(21)16-6-4-5-7-19(16)27;1-2/h4-7,11-14,24,27H,3,8-10,21-23H2,1-2H3;1-2H3/b17-11-;. The number of nitrogens with one attached hydrogen (secondary N) is 1. The van der Waals surface area contributed by atoms with Crippen molar-refractivity contribution >= 4 is 11.4 Å². The number of phenols is 1. The Kier molecular flexibility index (Phi) is 10.4. The average Bonchev–Trinajstić information content (AvgIpc) is 3.18. The van der Waals surface area contributed by atoms with Crippen LogP contribution in [0.4, 0.5) is 0 Å². The van der Waals surface area contributed by atoms with Crippen molar-refractivity contribution < 1.29 is 5.11 Å². The van der Waals surface area contributed by atoms with E-state index in [2.05, 4.69) is 17.2 Å². The number of hydrogen-bond acceptors (Lipinski definition) is 6. The maximum absolute atomic E-state index is 9.98. The first-order valence-electron chi connectivity index (χ1n) is 10.1. The number of aromatic nitrogens is 2. The Morgan fingerprint density at radius 2 is 1.93 bits per heavy atom. The van der Waals surface area contributed by atoms with Gasteiger partial charge < -0.3 is 32.2 Å². The third-order valence-electron chi connectivity index (χ3n) is 4.60. The van der Waals surface area contributed by atoms with Crippen LogP contribution in [-0.2, 0) is 6.42 Å². The number of benzene rings is 1. The van der Waals surface area contributed by atoms with Crippen LogP contribution >= 0.6 is 0 Å². The van der Waals surface area contributed by atoms with Gasteiger partial charge in [0, 0.05) is 17.5 Å². The van der Waals surface area contributed by atoms with Crippen LogP contribution in [0.3, 0.4) is 0 Å². The van der Waals surface area contributed by atoms with Crippen molar-refractivity contribution in [2.24, 2.45) is 23.1 Å². The Hall–Kier alpha value is -2.93. The highest BCUT2D eigenvalue weighted by Gasteiger charge is 2.12. The van der Waals surface area contributed by atoms with Gasteiger partial charge in [-0.1, -0.05) is 39.3 Å². The molecule has 1 aromatic heterocycles. The molecule has 0 aliphatic rings. The number of rotatable bonds is 9. The lowest BCUT2D eigenvalue weighted by Gasteiger charge is -2.12. The Morgan fingerprint density at radius 1 is 1.24 bits per heavy atom. The fourth-order valence-corrected chi connectivity index (χ4v) is 2.95. The predicted octanol–water partition coefficient (Wildman–Crippen LogP) is 2.84. The zero-order chi connectivity index (χ0) is 21.8. The number of imidazole rings is 1. The maximum atomic E-state index is 9.98. The fraction of sp³-hybridized carbons (Fsp3) is 0.409. The van der Waals surface area contributed by atoms with Gasteiger partial charge in [-0.15, -0.1) is 0 Å². The van der Waals surface area contributed by atoms with Gasteiger partial charge in [-0.05, 0) is 50.6 Å². The van der Waals surface area contributed by atoms with Crippen molar-refractivity contribution in [3.8, 4) is 5.75 Å². The number of allylic oxidation sites excluding steroid dienone is 2. The normalized spacial score (nSPS) is 12.1. The molecule has 0 spiro atoms. The predicted molar refractivity (Wildman–Crippen MR) is 121 cm³/mol. The average molecular weight is 401 g/mol. The SMILES string of the molecule is CC.CCC(CCNC)Cc1cn(C(/C=C(\N)c2ccccc2O)=C(N)N)cn1. The van der Waals surface area contributed by atoms with Gasteiger partial charge in [0.25, 0.3) is 0 Å². The molecule has 0 saturated carbocycles. The summed E-state index contributed by atoms with van der Waals surface area (Å²) < 4.78 is 1.77. The largest absolute Gasteiger partial charge is 0.507 e. The molecule has 2 aromatic rings. The zero-order valence-corrected chi connectivity index (χ0v) is 18.0. The van der Waals surface area contributed by atoms with Crippen LogP contribution in [0.5, 0.6) is 5.75 Å². The molecule has 160 valence electrons. The van der Waals surface area contributed by atoms with Gasteiger partial charge in [-0.3, -0.25) is 0 Å². The Morgan fingerprint density at radius 3 is 2.52 bits per heavy atom. The van der Waals surface area contributed by atoms with Gasteiger partial charge in [0.1, 0.15) is 11.6 Å². The number of para-hydroxylation sites is 1. The first-order chi connectivity index (χ1) is 14.0.